The van der Waals surface area contributed by atoms with Gasteiger partial charge in [0.25, 0.3) is 15.9 Å². The summed E-state index contributed by atoms with van der Waals surface area (Å²) in [7, 11) is -4.27. The first-order valence-corrected chi connectivity index (χ1v) is 13.1. The number of nitrogens with one attached hydrogen (secondary N) is 2. The number of carbonyl (C=O) groups excluding carboxylic acids is 1. The molecule has 1 atom stereocenters. The summed E-state index contributed by atoms with van der Waals surface area (Å²) in [5.41, 5.74) is 0.935. The zero-order chi connectivity index (χ0) is 25.5. The fraction of sp³-hybridized carbons (Fsp3) is 0.269. The van der Waals surface area contributed by atoms with Crippen molar-refractivity contribution in [3.8, 4) is 11.6 Å². The maximum Gasteiger partial charge on any atom is 0.281 e. The third-order valence-corrected chi connectivity index (χ3v) is 7.54. The van der Waals surface area contributed by atoms with Crippen LogP contribution in [0.1, 0.15) is 37.6 Å². The molecular formula is C26H27N5O4S. The van der Waals surface area contributed by atoms with Crippen LogP contribution in [0, 0.1) is 5.92 Å². The fourth-order valence-electron chi connectivity index (χ4n) is 4.80. The number of sulfonamides is 1. The Bertz CT molecular complexity index is 1550. The number of hydrogen-bond acceptors (Lipinski definition) is 7. The van der Waals surface area contributed by atoms with E-state index in [1.165, 1.54) is 12.1 Å². The number of hydrogen-bond donors (Lipinski definition) is 2. The molecule has 9 nitrogen and oxygen atoms in total. The molecule has 2 N–H and O–H groups in total. The summed E-state index contributed by atoms with van der Waals surface area (Å²) >= 11 is 0. The smallest absolute Gasteiger partial charge is 0.281 e. The van der Waals surface area contributed by atoms with Crippen LogP contribution in [-0.2, 0) is 10.0 Å². The van der Waals surface area contributed by atoms with Gasteiger partial charge in [-0.05, 0) is 68.7 Å². The van der Waals surface area contributed by atoms with Crippen molar-refractivity contribution in [3.05, 3.63) is 72.6 Å². The number of fused-ring (bicyclic) bond motifs is 1. The largest absolute Gasteiger partial charge is 0.439 e. The Morgan fingerprint density at radius 2 is 2.00 bits per heavy atom. The highest BCUT2D eigenvalue weighted by Crippen LogP contribution is 2.37. The molecule has 10 heteroatoms. The summed E-state index contributed by atoms with van der Waals surface area (Å²) in [6.45, 7) is 7.05. The quantitative estimate of drug-likeness (QED) is 0.396. The van der Waals surface area contributed by atoms with E-state index in [4.69, 9.17) is 4.74 Å². The van der Waals surface area contributed by atoms with Gasteiger partial charge < -0.3 is 14.6 Å². The number of carbonyl (C=O) groups is 1. The maximum atomic E-state index is 13.2. The molecular weight excluding hydrogens is 478 g/mol. The number of amides is 1. The number of aromatic nitrogens is 3. The molecule has 1 aliphatic rings. The second-order valence-electron chi connectivity index (χ2n) is 9.68. The Labute approximate surface area is 209 Å². The maximum absolute atomic E-state index is 13.2. The number of aromatic amines is 1. The van der Waals surface area contributed by atoms with E-state index in [-0.39, 0.29) is 22.0 Å². The topological polar surface area (TPSA) is 117 Å². The SMILES string of the molecule is CC1CN(c2ncccc2C(=O)NS(=O)(=O)c2cccc(Oc3ccc4[nH]ccc4c3)n2)C(C)(C)C1. The standard InChI is InChI=1S/C26H27N5O4S/c1-17-15-26(2,3)31(16-17)24-20(6-5-12-28-24)25(32)30-36(33,34)23-8-4-7-22(29-23)35-19-9-10-21-18(14-19)11-13-27-21/h4-14,17,27H,15-16H2,1-3H3,(H,30,32). The van der Waals surface area contributed by atoms with Crippen LogP contribution in [0.15, 0.2) is 72.0 Å². The molecule has 0 bridgehead atoms. The van der Waals surface area contributed by atoms with Gasteiger partial charge in [0.05, 0.1) is 5.56 Å². The van der Waals surface area contributed by atoms with Gasteiger partial charge in [0.1, 0.15) is 11.6 Å². The van der Waals surface area contributed by atoms with E-state index in [2.05, 4.69) is 45.3 Å². The molecule has 4 heterocycles. The first-order valence-electron chi connectivity index (χ1n) is 11.6. The van der Waals surface area contributed by atoms with Crippen LogP contribution >= 0.6 is 0 Å². The summed E-state index contributed by atoms with van der Waals surface area (Å²) in [4.78, 5) is 26.9. The lowest BCUT2D eigenvalue weighted by molar-refractivity contribution is 0.0981. The highest BCUT2D eigenvalue weighted by Gasteiger charge is 2.39. The van der Waals surface area contributed by atoms with Crippen molar-refractivity contribution >= 4 is 32.7 Å². The summed E-state index contributed by atoms with van der Waals surface area (Å²) in [5.74, 6) is 0.724. The van der Waals surface area contributed by atoms with Crippen LogP contribution in [0.5, 0.6) is 11.6 Å². The molecule has 1 unspecified atom stereocenters. The van der Waals surface area contributed by atoms with Crippen LogP contribution in [0.2, 0.25) is 0 Å². The minimum absolute atomic E-state index is 0.0927. The molecule has 0 saturated carbocycles. The molecule has 4 aromatic rings. The second kappa shape index (κ2) is 8.94. The van der Waals surface area contributed by atoms with Crippen LogP contribution in [0.4, 0.5) is 5.82 Å². The third-order valence-electron chi connectivity index (χ3n) is 6.31. The Balaban J connectivity index is 1.38. The van der Waals surface area contributed by atoms with Gasteiger partial charge in [0.2, 0.25) is 5.88 Å². The molecule has 0 aliphatic carbocycles. The average Bonchev–Trinajstić information content (AvgIpc) is 3.41. The lowest BCUT2D eigenvalue weighted by atomic mass is 9.97. The van der Waals surface area contributed by atoms with Crippen molar-refractivity contribution in [3.63, 3.8) is 0 Å². The predicted octanol–water partition coefficient (Wildman–Crippen LogP) is 4.49. The molecule has 36 heavy (non-hydrogen) atoms. The van der Waals surface area contributed by atoms with Gasteiger partial charge in [0, 0.05) is 41.4 Å². The lowest BCUT2D eigenvalue weighted by Crippen LogP contribution is -2.41. The Hall–Kier alpha value is -3.92. The van der Waals surface area contributed by atoms with Gasteiger partial charge in [-0.2, -0.15) is 13.4 Å². The average molecular weight is 506 g/mol. The lowest BCUT2D eigenvalue weighted by Gasteiger charge is -2.33. The molecule has 186 valence electrons. The van der Waals surface area contributed by atoms with E-state index in [9.17, 15) is 13.2 Å². The van der Waals surface area contributed by atoms with Crippen molar-refractivity contribution in [1.29, 1.82) is 0 Å². The van der Waals surface area contributed by atoms with Crippen molar-refractivity contribution in [2.24, 2.45) is 5.92 Å². The van der Waals surface area contributed by atoms with Crippen molar-refractivity contribution in [2.75, 3.05) is 11.4 Å². The first kappa shape index (κ1) is 23.8. The van der Waals surface area contributed by atoms with Crippen LogP contribution in [0.25, 0.3) is 10.9 Å². The second-order valence-corrected chi connectivity index (χ2v) is 11.3. The summed E-state index contributed by atoms with van der Waals surface area (Å²) < 4.78 is 34.1. The highest BCUT2D eigenvalue weighted by molar-refractivity contribution is 7.90. The van der Waals surface area contributed by atoms with Crippen molar-refractivity contribution in [2.45, 2.75) is 37.8 Å². The fourth-order valence-corrected chi connectivity index (χ4v) is 5.72. The molecule has 1 aromatic carbocycles. The molecule has 5 rings (SSSR count). The zero-order valence-corrected chi connectivity index (χ0v) is 21.0. The normalized spacial score (nSPS) is 17.3. The molecule has 1 saturated heterocycles. The van der Waals surface area contributed by atoms with Gasteiger partial charge in [0.15, 0.2) is 5.03 Å². The number of benzene rings is 1. The predicted molar refractivity (Wildman–Crippen MR) is 137 cm³/mol. The number of rotatable bonds is 6. The number of nitrogens with zero attached hydrogens (tertiary/aromatic N) is 3. The number of pyridine rings is 2. The Kier molecular flexibility index (Phi) is 5.91. The van der Waals surface area contributed by atoms with Crippen LogP contribution in [-0.4, -0.2) is 41.4 Å². The summed E-state index contributed by atoms with van der Waals surface area (Å²) in [5, 5.41) is 0.628. The third kappa shape index (κ3) is 4.64. The Morgan fingerprint density at radius 1 is 1.17 bits per heavy atom. The summed E-state index contributed by atoms with van der Waals surface area (Å²) in [6, 6.07) is 14.9. The van der Waals surface area contributed by atoms with Crippen molar-refractivity contribution in [1.82, 2.24) is 19.7 Å². The van der Waals surface area contributed by atoms with E-state index in [1.807, 2.05) is 24.4 Å². The van der Waals surface area contributed by atoms with E-state index in [0.717, 1.165) is 23.9 Å². The van der Waals surface area contributed by atoms with Crippen LogP contribution < -0.4 is 14.4 Å². The molecule has 1 fully saturated rings. The highest BCUT2D eigenvalue weighted by atomic mass is 32.2. The van der Waals surface area contributed by atoms with Gasteiger partial charge in [-0.15, -0.1) is 0 Å². The van der Waals surface area contributed by atoms with Gasteiger partial charge in [-0.25, -0.2) is 9.71 Å². The number of H-pyrrole nitrogens is 1. The van der Waals surface area contributed by atoms with E-state index >= 15 is 0 Å². The van der Waals surface area contributed by atoms with E-state index in [1.54, 1.807) is 30.5 Å². The minimum Gasteiger partial charge on any atom is -0.439 e. The van der Waals surface area contributed by atoms with Gasteiger partial charge in [-0.1, -0.05) is 13.0 Å². The zero-order valence-electron chi connectivity index (χ0n) is 20.2. The van der Waals surface area contributed by atoms with E-state index < -0.39 is 15.9 Å². The molecule has 0 spiro atoms. The number of anilines is 1. The van der Waals surface area contributed by atoms with E-state index in [0.29, 0.717) is 17.5 Å². The molecule has 0 radical (unpaired) electrons. The molecule has 1 amide bonds. The van der Waals surface area contributed by atoms with Crippen molar-refractivity contribution < 1.29 is 17.9 Å². The van der Waals surface area contributed by atoms with Gasteiger partial charge in [-0.3, -0.25) is 4.79 Å². The van der Waals surface area contributed by atoms with Crippen LogP contribution in [0.3, 0.4) is 0 Å². The molecule has 1 aliphatic heterocycles. The first-order chi connectivity index (χ1) is 17.1. The minimum atomic E-state index is -4.27. The summed E-state index contributed by atoms with van der Waals surface area (Å²) in [6.07, 6.45) is 4.37. The Morgan fingerprint density at radius 3 is 2.78 bits per heavy atom. The molecule has 3 aromatic heterocycles. The monoisotopic (exact) mass is 505 g/mol. The number of ether oxygens (including phenoxy) is 1. The van der Waals surface area contributed by atoms with Gasteiger partial charge >= 0.3 is 0 Å².